The highest BCUT2D eigenvalue weighted by molar-refractivity contribution is 7.09. The number of benzene rings is 2. The molecule has 0 aliphatic carbocycles. The Morgan fingerprint density at radius 2 is 1.90 bits per heavy atom. The number of thiazole rings is 1. The second-order valence-electron chi connectivity index (χ2n) is 5.89. The highest BCUT2D eigenvalue weighted by Gasteiger charge is 2.14. The zero-order valence-corrected chi connectivity index (χ0v) is 17.3. The third-order valence-corrected chi connectivity index (χ3v) is 5.03. The van der Waals surface area contributed by atoms with E-state index >= 15 is 0 Å². The first-order valence-corrected chi connectivity index (χ1v) is 9.77. The third-order valence-electron chi connectivity index (χ3n) is 3.86. The fourth-order valence-electron chi connectivity index (χ4n) is 2.49. The zero-order chi connectivity index (χ0) is 20.8. The number of anilines is 1. The van der Waals surface area contributed by atoms with Crippen molar-refractivity contribution >= 4 is 34.5 Å². The van der Waals surface area contributed by atoms with Gasteiger partial charge in [-0.2, -0.15) is 0 Å². The van der Waals surface area contributed by atoms with Gasteiger partial charge < -0.3 is 19.5 Å². The van der Waals surface area contributed by atoms with Crippen LogP contribution in [0.2, 0.25) is 5.02 Å². The molecule has 1 amide bonds. The van der Waals surface area contributed by atoms with Crippen molar-refractivity contribution in [3.05, 3.63) is 63.3 Å². The van der Waals surface area contributed by atoms with E-state index in [0.717, 1.165) is 0 Å². The third kappa shape index (κ3) is 5.58. The van der Waals surface area contributed by atoms with Gasteiger partial charge in [-0.3, -0.25) is 4.79 Å². The van der Waals surface area contributed by atoms with Crippen molar-refractivity contribution in [3.8, 4) is 17.2 Å². The zero-order valence-electron chi connectivity index (χ0n) is 15.7. The Bertz CT molecular complexity index is 995. The van der Waals surface area contributed by atoms with Crippen LogP contribution in [0, 0.1) is 5.82 Å². The normalized spacial score (nSPS) is 10.5. The van der Waals surface area contributed by atoms with E-state index in [1.54, 1.807) is 29.6 Å². The lowest BCUT2D eigenvalue weighted by Gasteiger charge is -2.12. The lowest BCUT2D eigenvalue weighted by Crippen LogP contribution is -2.15. The van der Waals surface area contributed by atoms with Crippen LogP contribution in [0.1, 0.15) is 10.7 Å². The van der Waals surface area contributed by atoms with Crippen LogP contribution in [-0.2, 0) is 17.8 Å². The summed E-state index contributed by atoms with van der Waals surface area (Å²) in [4.78, 5) is 16.8. The summed E-state index contributed by atoms with van der Waals surface area (Å²) in [5.41, 5.74) is 1.07. The van der Waals surface area contributed by atoms with Gasteiger partial charge in [0.05, 0.1) is 37.0 Å². The molecule has 3 rings (SSSR count). The number of rotatable bonds is 8. The van der Waals surface area contributed by atoms with E-state index in [0.29, 0.717) is 38.7 Å². The highest BCUT2D eigenvalue weighted by Crippen LogP contribution is 2.35. The van der Waals surface area contributed by atoms with E-state index < -0.39 is 0 Å². The van der Waals surface area contributed by atoms with Crippen LogP contribution in [-0.4, -0.2) is 25.1 Å². The smallest absolute Gasteiger partial charge is 0.230 e. The fraction of sp³-hybridized carbons (Fsp3) is 0.200. The number of carbonyl (C=O) groups excluding carboxylic acids is 1. The van der Waals surface area contributed by atoms with Crippen LogP contribution >= 0.6 is 22.9 Å². The van der Waals surface area contributed by atoms with Crippen molar-refractivity contribution in [2.45, 2.75) is 13.0 Å². The lowest BCUT2D eigenvalue weighted by molar-refractivity contribution is -0.115. The van der Waals surface area contributed by atoms with E-state index in [1.165, 1.54) is 37.7 Å². The number of methoxy groups -OCH3 is 2. The second kappa shape index (κ2) is 9.58. The number of ether oxygens (including phenoxy) is 3. The molecule has 0 aliphatic rings. The van der Waals surface area contributed by atoms with E-state index in [1.807, 2.05) is 0 Å². The molecule has 0 bridgehead atoms. The van der Waals surface area contributed by atoms with Gasteiger partial charge in [0.25, 0.3) is 0 Å². The Labute approximate surface area is 176 Å². The molecule has 9 heteroatoms. The van der Waals surface area contributed by atoms with Crippen LogP contribution in [0.3, 0.4) is 0 Å². The molecular formula is C20H18ClFN2O4S. The Morgan fingerprint density at radius 1 is 1.17 bits per heavy atom. The molecular weight excluding hydrogens is 419 g/mol. The van der Waals surface area contributed by atoms with Gasteiger partial charge in [0.1, 0.15) is 34.7 Å². The van der Waals surface area contributed by atoms with Gasteiger partial charge >= 0.3 is 0 Å². The Morgan fingerprint density at radius 3 is 2.59 bits per heavy atom. The van der Waals surface area contributed by atoms with Crippen LogP contribution < -0.4 is 19.5 Å². The molecule has 1 aromatic heterocycles. The number of amides is 1. The molecule has 152 valence electrons. The van der Waals surface area contributed by atoms with E-state index in [4.69, 9.17) is 25.8 Å². The molecule has 0 spiro atoms. The number of aromatic nitrogens is 1. The minimum atomic E-state index is -0.324. The highest BCUT2D eigenvalue weighted by atomic mass is 35.5. The summed E-state index contributed by atoms with van der Waals surface area (Å²) in [7, 11) is 2.98. The molecule has 0 atom stereocenters. The van der Waals surface area contributed by atoms with Gasteiger partial charge in [-0.25, -0.2) is 9.37 Å². The summed E-state index contributed by atoms with van der Waals surface area (Å²) in [6, 6.07) is 8.92. The van der Waals surface area contributed by atoms with Crippen molar-refractivity contribution in [3.63, 3.8) is 0 Å². The maximum atomic E-state index is 12.9. The number of nitrogens with one attached hydrogen (secondary N) is 1. The monoisotopic (exact) mass is 436 g/mol. The molecule has 1 N–H and O–H groups in total. The van der Waals surface area contributed by atoms with Crippen LogP contribution in [0.4, 0.5) is 10.1 Å². The first kappa shape index (κ1) is 20.9. The quantitative estimate of drug-likeness (QED) is 0.553. The molecule has 0 fully saturated rings. The molecule has 3 aromatic rings. The fourth-order valence-corrected chi connectivity index (χ4v) is 3.43. The van der Waals surface area contributed by atoms with Crippen molar-refractivity contribution in [1.29, 1.82) is 0 Å². The number of hydrogen-bond acceptors (Lipinski definition) is 6. The Hall–Kier alpha value is -2.84. The van der Waals surface area contributed by atoms with E-state index in [-0.39, 0.29) is 24.8 Å². The molecule has 0 unspecified atom stereocenters. The summed E-state index contributed by atoms with van der Waals surface area (Å²) >= 11 is 7.46. The molecule has 1 heterocycles. The molecule has 2 aromatic carbocycles. The van der Waals surface area contributed by atoms with Crippen LogP contribution in [0.25, 0.3) is 0 Å². The van der Waals surface area contributed by atoms with Gasteiger partial charge in [-0.1, -0.05) is 11.6 Å². The van der Waals surface area contributed by atoms with Crippen molar-refractivity contribution < 1.29 is 23.4 Å². The van der Waals surface area contributed by atoms with Crippen molar-refractivity contribution in [1.82, 2.24) is 4.98 Å². The summed E-state index contributed by atoms with van der Waals surface area (Å²) < 4.78 is 28.9. The Kier molecular flexibility index (Phi) is 6.90. The largest absolute Gasteiger partial charge is 0.495 e. The minimum absolute atomic E-state index is 0.0845. The standard InChI is InChI=1S/C20H18ClFN2O4S/c1-26-17-9-16(18(27-2)8-15(17)21)24-19(25)7-13-11-29-20(23-13)10-28-14-5-3-12(22)4-6-14/h3-6,8-9,11H,7,10H2,1-2H3,(H,24,25). The number of halogens is 2. The van der Waals surface area contributed by atoms with Gasteiger partial charge in [0.2, 0.25) is 5.91 Å². The topological polar surface area (TPSA) is 69.7 Å². The number of carbonyl (C=O) groups is 1. The first-order chi connectivity index (χ1) is 14.0. The van der Waals surface area contributed by atoms with Crippen LogP contribution in [0.15, 0.2) is 41.8 Å². The van der Waals surface area contributed by atoms with Gasteiger partial charge in [0.15, 0.2) is 0 Å². The predicted molar refractivity (Wildman–Crippen MR) is 110 cm³/mol. The predicted octanol–water partition coefficient (Wildman–Crippen LogP) is 4.71. The second-order valence-corrected chi connectivity index (χ2v) is 7.24. The molecule has 29 heavy (non-hydrogen) atoms. The summed E-state index contributed by atoms with van der Waals surface area (Å²) in [6.07, 6.45) is 0.0845. The SMILES string of the molecule is COc1cc(NC(=O)Cc2csc(COc3ccc(F)cc3)n2)c(OC)cc1Cl. The Balaban J connectivity index is 1.59. The molecule has 0 saturated carbocycles. The van der Waals surface area contributed by atoms with Gasteiger partial charge in [0, 0.05) is 17.5 Å². The first-order valence-electron chi connectivity index (χ1n) is 8.51. The maximum Gasteiger partial charge on any atom is 0.230 e. The summed E-state index contributed by atoms with van der Waals surface area (Å²) in [5.74, 6) is 0.816. The molecule has 0 saturated heterocycles. The molecule has 6 nitrogen and oxygen atoms in total. The van der Waals surface area contributed by atoms with Crippen LogP contribution in [0.5, 0.6) is 17.2 Å². The average molecular weight is 437 g/mol. The van der Waals surface area contributed by atoms with Gasteiger partial charge in [-0.05, 0) is 24.3 Å². The summed E-state index contributed by atoms with van der Waals surface area (Å²) in [6.45, 7) is 0.236. The van der Waals surface area contributed by atoms with E-state index in [2.05, 4.69) is 10.3 Å². The number of nitrogens with zero attached hydrogens (tertiary/aromatic N) is 1. The number of hydrogen-bond donors (Lipinski definition) is 1. The van der Waals surface area contributed by atoms with Crippen molar-refractivity contribution in [2.24, 2.45) is 0 Å². The van der Waals surface area contributed by atoms with Gasteiger partial charge in [-0.15, -0.1) is 11.3 Å². The molecule has 0 aliphatic heterocycles. The maximum absolute atomic E-state index is 12.9. The molecule has 0 radical (unpaired) electrons. The lowest BCUT2D eigenvalue weighted by atomic mass is 10.2. The van der Waals surface area contributed by atoms with E-state index in [9.17, 15) is 9.18 Å². The summed E-state index contributed by atoms with van der Waals surface area (Å²) in [5, 5.41) is 5.67. The average Bonchev–Trinajstić information content (AvgIpc) is 3.15. The van der Waals surface area contributed by atoms with Crippen molar-refractivity contribution in [2.75, 3.05) is 19.5 Å². The minimum Gasteiger partial charge on any atom is -0.495 e.